The minimum atomic E-state index is -0.218. The first-order valence-corrected chi connectivity index (χ1v) is 6.80. The number of halogens is 1. The van der Waals surface area contributed by atoms with E-state index in [1.54, 1.807) is 27.2 Å². The summed E-state index contributed by atoms with van der Waals surface area (Å²) in [5.74, 6) is 1.31. The molecular formula is C17H20FNO2. The van der Waals surface area contributed by atoms with Gasteiger partial charge in [0, 0.05) is 16.8 Å². The largest absolute Gasteiger partial charge is 0.497 e. The summed E-state index contributed by atoms with van der Waals surface area (Å²) < 4.78 is 24.3. The number of anilines is 1. The van der Waals surface area contributed by atoms with Crippen molar-refractivity contribution in [2.24, 2.45) is 0 Å². The second-order valence-electron chi connectivity index (χ2n) is 4.89. The summed E-state index contributed by atoms with van der Waals surface area (Å²) in [5.41, 5.74) is 2.33. The highest BCUT2D eigenvalue weighted by Gasteiger charge is 2.14. The first kappa shape index (κ1) is 15.2. The van der Waals surface area contributed by atoms with Gasteiger partial charge >= 0.3 is 0 Å². The molecule has 0 saturated carbocycles. The number of nitrogens with one attached hydrogen (secondary N) is 1. The lowest BCUT2D eigenvalue weighted by atomic mass is 10.1. The van der Waals surface area contributed by atoms with Gasteiger partial charge in [-0.1, -0.05) is 6.07 Å². The summed E-state index contributed by atoms with van der Waals surface area (Å²) in [6.07, 6.45) is 0. The molecule has 0 aromatic heterocycles. The Kier molecular flexibility index (Phi) is 4.68. The van der Waals surface area contributed by atoms with Gasteiger partial charge < -0.3 is 14.8 Å². The molecule has 0 bridgehead atoms. The zero-order valence-electron chi connectivity index (χ0n) is 12.7. The van der Waals surface area contributed by atoms with Crippen molar-refractivity contribution in [3.8, 4) is 11.5 Å². The van der Waals surface area contributed by atoms with Crippen molar-refractivity contribution in [2.75, 3.05) is 19.5 Å². The van der Waals surface area contributed by atoms with Gasteiger partial charge in [0.15, 0.2) is 0 Å². The van der Waals surface area contributed by atoms with Gasteiger partial charge in [-0.25, -0.2) is 4.39 Å². The van der Waals surface area contributed by atoms with Crippen LogP contribution in [0.2, 0.25) is 0 Å². The summed E-state index contributed by atoms with van der Waals surface area (Å²) in [6, 6.07) is 10.6. The fraction of sp³-hybridized carbons (Fsp3) is 0.294. The minimum absolute atomic E-state index is 0.0458. The highest BCUT2D eigenvalue weighted by atomic mass is 19.1. The van der Waals surface area contributed by atoms with Crippen LogP contribution in [-0.4, -0.2) is 14.2 Å². The van der Waals surface area contributed by atoms with Gasteiger partial charge in [-0.2, -0.15) is 0 Å². The highest BCUT2D eigenvalue weighted by Crippen LogP contribution is 2.32. The van der Waals surface area contributed by atoms with Gasteiger partial charge in [0.1, 0.15) is 17.3 Å². The fourth-order valence-corrected chi connectivity index (χ4v) is 2.25. The second-order valence-corrected chi connectivity index (χ2v) is 4.89. The third kappa shape index (κ3) is 3.27. The molecule has 21 heavy (non-hydrogen) atoms. The maximum atomic E-state index is 13.6. The third-order valence-corrected chi connectivity index (χ3v) is 3.54. The quantitative estimate of drug-likeness (QED) is 0.889. The van der Waals surface area contributed by atoms with E-state index in [4.69, 9.17) is 9.47 Å². The van der Waals surface area contributed by atoms with Crippen LogP contribution in [0, 0.1) is 12.7 Å². The molecule has 112 valence electrons. The van der Waals surface area contributed by atoms with Crippen LogP contribution >= 0.6 is 0 Å². The van der Waals surface area contributed by atoms with E-state index in [9.17, 15) is 4.39 Å². The average molecular weight is 289 g/mol. The van der Waals surface area contributed by atoms with E-state index in [2.05, 4.69) is 5.32 Å². The highest BCUT2D eigenvalue weighted by molar-refractivity contribution is 5.54. The molecule has 4 heteroatoms. The predicted octanol–water partition coefficient (Wildman–Crippen LogP) is 4.32. The smallest absolute Gasteiger partial charge is 0.128 e. The van der Waals surface area contributed by atoms with E-state index >= 15 is 0 Å². The van der Waals surface area contributed by atoms with Crippen LogP contribution in [0.5, 0.6) is 11.5 Å². The lowest BCUT2D eigenvalue weighted by Gasteiger charge is -2.20. The Morgan fingerprint density at radius 1 is 1.10 bits per heavy atom. The van der Waals surface area contributed by atoms with Gasteiger partial charge in [0.05, 0.1) is 20.3 Å². The Morgan fingerprint density at radius 3 is 2.52 bits per heavy atom. The van der Waals surface area contributed by atoms with Crippen molar-refractivity contribution in [3.63, 3.8) is 0 Å². The molecule has 1 unspecified atom stereocenters. The molecule has 1 N–H and O–H groups in total. The van der Waals surface area contributed by atoms with E-state index < -0.39 is 0 Å². The van der Waals surface area contributed by atoms with Crippen molar-refractivity contribution in [1.82, 2.24) is 0 Å². The normalized spacial score (nSPS) is 11.9. The summed E-state index contributed by atoms with van der Waals surface area (Å²) in [4.78, 5) is 0. The lowest BCUT2D eigenvalue weighted by Crippen LogP contribution is -2.10. The van der Waals surface area contributed by atoms with E-state index in [0.29, 0.717) is 5.56 Å². The maximum Gasteiger partial charge on any atom is 0.128 e. The van der Waals surface area contributed by atoms with Crippen molar-refractivity contribution in [3.05, 3.63) is 53.3 Å². The monoisotopic (exact) mass is 289 g/mol. The van der Waals surface area contributed by atoms with E-state index in [0.717, 1.165) is 22.7 Å². The number of benzene rings is 2. The SMILES string of the molecule is COc1ccc(OC)c(C(C)Nc2cccc(F)c2C)c1. The molecule has 0 spiro atoms. The Balaban J connectivity index is 2.31. The third-order valence-electron chi connectivity index (χ3n) is 3.54. The summed E-state index contributed by atoms with van der Waals surface area (Å²) in [5, 5.41) is 3.32. The number of methoxy groups -OCH3 is 2. The zero-order valence-corrected chi connectivity index (χ0v) is 12.7. The molecule has 0 fully saturated rings. The molecule has 3 nitrogen and oxygen atoms in total. The van der Waals surface area contributed by atoms with Crippen LogP contribution in [0.4, 0.5) is 10.1 Å². The molecule has 1 atom stereocenters. The summed E-state index contributed by atoms with van der Waals surface area (Å²) in [6.45, 7) is 3.76. The molecule has 0 amide bonds. The fourth-order valence-electron chi connectivity index (χ4n) is 2.25. The molecule has 2 aromatic rings. The maximum absolute atomic E-state index is 13.6. The molecule has 0 radical (unpaired) electrons. The molecule has 2 rings (SSSR count). The molecule has 0 aliphatic heterocycles. The first-order valence-electron chi connectivity index (χ1n) is 6.80. The van der Waals surface area contributed by atoms with Crippen molar-refractivity contribution in [1.29, 1.82) is 0 Å². The van der Waals surface area contributed by atoms with Crippen LogP contribution in [0.3, 0.4) is 0 Å². The lowest BCUT2D eigenvalue weighted by molar-refractivity contribution is 0.397. The van der Waals surface area contributed by atoms with Crippen LogP contribution in [-0.2, 0) is 0 Å². The molecule has 0 heterocycles. The minimum Gasteiger partial charge on any atom is -0.497 e. The first-order chi connectivity index (χ1) is 10.1. The molecule has 0 aliphatic carbocycles. The standard InChI is InChI=1S/C17H20FNO2/c1-11-15(18)6-5-7-16(11)19-12(2)14-10-13(20-3)8-9-17(14)21-4/h5-10,12,19H,1-4H3. The van der Waals surface area contributed by atoms with Crippen LogP contribution in [0.25, 0.3) is 0 Å². The van der Waals surface area contributed by atoms with E-state index in [-0.39, 0.29) is 11.9 Å². The zero-order chi connectivity index (χ0) is 15.4. The summed E-state index contributed by atoms with van der Waals surface area (Å²) >= 11 is 0. The van der Waals surface area contributed by atoms with Crippen LogP contribution in [0.15, 0.2) is 36.4 Å². The van der Waals surface area contributed by atoms with Crippen molar-refractivity contribution in [2.45, 2.75) is 19.9 Å². The average Bonchev–Trinajstić information content (AvgIpc) is 2.51. The van der Waals surface area contributed by atoms with E-state index in [1.807, 2.05) is 31.2 Å². The Bertz CT molecular complexity index is 628. The Hall–Kier alpha value is -2.23. The summed E-state index contributed by atoms with van der Waals surface area (Å²) in [7, 11) is 3.26. The van der Waals surface area contributed by atoms with Gasteiger partial charge in [0.25, 0.3) is 0 Å². The number of ether oxygens (including phenoxy) is 2. The Labute approximate surface area is 124 Å². The molecule has 0 saturated heterocycles. The molecule has 0 aliphatic rings. The van der Waals surface area contributed by atoms with Crippen molar-refractivity contribution < 1.29 is 13.9 Å². The van der Waals surface area contributed by atoms with Crippen molar-refractivity contribution >= 4 is 5.69 Å². The second kappa shape index (κ2) is 6.48. The van der Waals surface area contributed by atoms with Gasteiger partial charge in [-0.15, -0.1) is 0 Å². The molecule has 2 aromatic carbocycles. The number of rotatable bonds is 5. The van der Waals surface area contributed by atoms with Gasteiger partial charge in [-0.3, -0.25) is 0 Å². The number of hydrogen-bond donors (Lipinski definition) is 1. The topological polar surface area (TPSA) is 30.5 Å². The van der Waals surface area contributed by atoms with Gasteiger partial charge in [0.2, 0.25) is 0 Å². The van der Waals surface area contributed by atoms with E-state index in [1.165, 1.54) is 6.07 Å². The van der Waals surface area contributed by atoms with Crippen LogP contribution < -0.4 is 14.8 Å². The van der Waals surface area contributed by atoms with Crippen LogP contribution in [0.1, 0.15) is 24.1 Å². The predicted molar refractivity (Wildman–Crippen MR) is 82.7 cm³/mol. The number of hydrogen-bond acceptors (Lipinski definition) is 3. The van der Waals surface area contributed by atoms with Gasteiger partial charge in [-0.05, 0) is 44.2 Å². The Morgan fingerprint density at radius 2 is 1.86 bits per heavy atom. The molecular weight excluding hydrogens is 269 g/mol.